The molecule has 1 fully saturated rings. The van der Waals surface area contributed by atoms with Crippen LogP contribution in [0.25, 0.3) is 39.7 Å². The van der Waals surface area contributed by atoms with E-state index < -0.39 is 0 Å². The van der Waals surface area contributed by atoms with Crippen LogP contribution in [0.1, 0.15) is 5.56 Å². The summed E-state index contributed by atoms with van der Waals surface area (Å²) >= 11 is 0. The van der Waals surface area contributed by atoms with Crippen LogP contribution in [0.3, 0.4) is 0 Å². The summed E-state index contributed by atoms with van der Waals surface area (Å²) in [4.78, 5) is 33.7. The molecule has 5 aromatic heterocycles. The minimum atomic E-state index is -0.289. The fourth-order valence-electron chi connectivity index (χ4n) is 5.60. The van der Waals surface area contributed by atoms with Crippen molar-refractivity contribution in [1.82, 2.24) is 39.0 Å². The second-order valence-corrected chi connectivity index (χ2v) is 10.2. The van der Waals surface area contributed by atoms with Gasteiger partial charge in [0, 0.05) is 56.6 Å². The number of carbonyl (C=O) groups is 1. The number of oxazole rings is 1. The van der Waals surface area contributed by atoms with Gasteiger partial charge in [-0.3, -0.25) is 19.2 Å². The number of benzene rings is 1. The van der Waals surface area contributed by atoms with Gasteiger partial charge in [-0.1, -0.05) is 6.07 Å². The number of hydrogen-bond donors (Lipinski definition) is 1. The van der Waals surface area contributed by atoms with E-state index in [9.17, 15) is 9.18 Å². The molecule has 1 saturated heterocycles. The molecule has 13 nitrogen and oxygen atoms in total. The molecule has 2 N–H and O–H groups in total. The third kappa shape index (κ3) is 4.70. The number of fused-ring (bicyclic) bond motifs is 3. The molecule has 1 aliphatic rings. The summed E-state index contributed by atoms with van der Waals surface area (Å²) < 4.78 is 28.9. The Morgan fingerprint density at radius 3 is 2.65 bits per heavy atom. The van der Waals surface area contributed by atoms with Crippen molar-refractivity contribution in [2.24, 2.45) is 0 Å². The molecule has 0 spiro atoms. The number of ether oxygens (including phenoxy) is 1. The molecule has 7 rings (SSSR count). The zero-order valence-electron chi connectivity index (χ0n) is 23.2. The maximum Gasteiger partial charge on any atom is 0.299 e. The van der Waals surface area contributed by atoms with E-state index in [2.05, 4.69) is 25.0 Å². The predicted octanol–water partition coefficient (Wildman–Crippen LogP) is 3.18. The molecule has 1 aromatic carbocycles. The summed E-state index contributed by atoms with van der Waals surface area (Å²) in [6.45, 7) is 6.07. The van der Waals surface area contributed by atoms with E-state index in [1.54, 1.807) is 24.5 Å². The Morgan fingerprint density at radius 2 is 1.91 bits per heavy atom. The van der Waals surface area contributed by atoms with Gasteiger partial charge in [-0.05, 0) is 37.3 Å². The van der Waals surface area contributed by atoms with Crippen molar-refractivity contribution in [3.05, 3.63) is 66.4 Å². The number of aromatic nitrogens is 7. The summed E-state index contributed by atoms with van der Waals surface area (Å²) in [5.74, 6) is 1.09. The smallest absolute Gasteiger partial charge is 0.299 e. The number of pyridine rings is 1. The number of hydrogen-bond acceptors (Lipinski definition) is 11. The van der Waals surface area contributed by atoms with Gasteiger partial charge in [-0.25, -0.2) is 14.4 Å². The molecule has 0 amide bonds. The minimum Gasteiger partial charge on any atom is -0.445 e. The van der Waals surface area contributed by atoms with Crippen molar-refractivity contribution in [2.45, 2.75) is 13.5 Å². The predicted molar refractivity (Wildman–Crippen MR) is 156 cm³/mol. The van der Waals surface area contributed by atoms with E-state index in [0.717, 1.165) is 5.56 Å². The van der Waals surface area contributed by atoms with Crippen molar-refractivity contribution >= 4 is 34.8 Å². The third-order valence-electron chi connectivity index (χ3n) is 7.72. The Hall–Kier alpha value is -5.37. The molecule has 218 valence electrons. The average Bonchev–Trinajstić information content (AvgIpc) is 3.78. The highest BCUT2D eigenvalue weighted by Gasteiger charge is 2.25. The number of nitrogens with two attached hydrogens (primary N) is 1. The largest absolute Gasteiger partial charge is 0.445 e. The van der Waals surface area contributed by atoms with Crippen LogP contribution in [0.5, 0.6) is 5.88 Å². The van der Waals surface area contributed by atoms with Crippen LogP contribution < -0.4 is 15.4 Å². The van der Waals surface area contributed by atoms with Crippen LogP contribution in [-0.4, -0.2) is 78.2 Å². The number of rotatable bonds is 8. The van der Waals surface area contributed by atoms with E-state index in [-0.39, 0.29) is 11.8 Å². The molecular formula is C29H27FN10O3. The van der Waals surface area contributed by atoms with Crippen LogP contribution >= 0.6 is 0 Å². The Morgan fingerprint density at radius 1 is 1.05 bits per heavy atom. The van der Waals surface area contributed by atoms with Crippen LogP contribution in [0.4, 0.5) is 16.0 Å². The summed E-state index contributed by atoms with van der Waals surface area (Å²) in [5.41, 5.74) is 9.91. The molecule has 1 aliphatic heterocycles. The first-order chi connectivity index (χ1) is 21.0. The first-order valence-electron chi connectivity index (χ1n) is 13.8. The average molecular weight is 583 g/mol. The second-order valence-electron chi connectivity index (χ2n) is 10.2. The molecule has 0 saturated carbocycles. The lowest BCUT2D eigenvalue weighted by molar-refractivity contribution is -0.121. The molecule has 14 heteroatoms. The van der Waals surface area contributed by atoms with Gasteiger partial charge < -0.3 is 19.8 Å². The van der Waals surface area contributed by atoms with Crippen LogP contribution in [-0.2, 0) is 11.3 Å². The van der Waals surface area contributed by atoms with Gasteiger partial charge in [0.15, 0.2) is 11.3 Å². The lowest BCUT2D eigenvalue weighted by Gasteiger charge is -2.36. The van der Waals surface area contributed by atoms with Crippen molar-refractivity contribution in [1.29, 1.82) is 0 Å². The quantitative estimate of drug-likeness (QED) is 0.264. The molecule has 0 unspecified atom stereocenters. The third-order valence-corrected chi connectivity index (χ3v) is 7.72. The Labute approximate surface area is 244 Å². The zero-order chi connectivity index (χ0) is 29.5. The number of nitrogens with zero attached hydrogens (tertiary/aromatic N) is 9. The Balaban J connectivity index is 1.13. The SMILES string of the molecule is Cc1c(OC=O)n(CCN2CCN(c3cc(-c4ncco4)ccc3F)CC2)c2nc(N)n3nc(-c4ccccn4)nc3c12. The van der Waals surface area contributed by atoms with Gasteiger partial charge in [-0.2, -0.15) is 9.50 Å². The van der Waals surface area contributed by atoms with Gasteiger partial charge >= 0.3 is 0 Å². The topological polar surface area (TPSA) is 146 Å². The van der Waals surface area contributed by atoms with E-state index in [1.807, 2.05) is 34.6 Å². The lowest BCUT2D eigenvalue weighted by Crippen LogP contribution is -2.47. The fraction of sp³-hybridized carbons (Fsp3) is 0.241. The molecule has 0 bridgehead atoms. The van der Waals surface area contributed by atoms with E-state index in [1.165, 1.54) is 16.8 Å². The van der Waals surface area contributed by atoms with Crippen molar-refractivity contribution in [3.63, 3.8) is 0 Å². The molecule has 43 heavy (non-hydrogen) atoms. The van der Waals surface area contributed by atoms with Crippen LogP contribution in [0.15, 0.2) is 59.5 Å². The van der Waals surface area contributed by atoms with Crippen molar-refractivity contribution < 1.29 is 18.3 Å². The van der Waals surface area contributed by atoms with Gasteiger partial charge in [-0.15, -0.1) is 5.10 Å². The number of nitrogen functional groups attached to an aromatic ring is 1. The summed E-state index contributed by atoms with van der Waals surface area (Å²) in [5, 5.41) is 5.21. The number of carbonyl (C=O) groups excluding carboxylic acids is 1. The summed E-state index contributed by atoms with van der Waals surface area (Å²) in [6.07, 6.45) is 4.73. The monoisotopic (exact) mass is 582 g/mol. The van der Waals surface area contributed by atoms with E-state index >= 15 is 0 Å². The first kappa shape index (κ1) is 26.5. The molecule has 0 atom stereocenters. The second kappa shape index (κ2) is 10.8. The fourth-order valence-corrected chi connectivity index (χ4v) is 5.60. The van der Waals surface area contributed by atoms with Crippen molar-refractivity contribution in [3.8, 4) is 28.9 Å². The highest BCUT2D eigenvalue weighted by Crippen LogP contribution is 2.34. The van der Waals surface area contributed by atoms with Gasteiger partial charge in [0.05, 0.1) is 17.3 Å². The minimum absolute atomic E-state index is 0.149. The van der Waals surface area contributed by atoms with Gasteiger partial charge in [0.2, 0.25) is 23.5 Å². The van der Waals surface area contributed by atoms with Crippen LogP contribution in [0, 0.1) is 12.7 Å². The normalized spacial score (nSPS) is 14.1. The number of halogens is 1. The number of aryl methyl sites for hydroxylation is 1. The standard InChI is InChI=1S/C29H27FN10O3/c1-18-23-25(35-29(31)40-26(23)34-24(36-40)21-4-2-3-7-32-21)39(28(18)43-17-41)14-11-37-9-12-38(13-10-37)22-16-19(5-6-20(22)30)27-33-8-15-42-27/h2-8,15-17H,9-14H2,1H3,(H2,31,35). The molecule has 0 aliphatic carbocycles. The maximum absolute atomic E-state index is 14.8. The van der Waals surface area contributed by atoms with E-state index in [0.29, 0.717) is 97.0 Å². The van der Waals surface area contributed by atoms with E-state index in [4.69, 9.17) is 19.9 Å². The summed E-state index contributed by atoms with van der Waals surface area (Å²) in [6, 6.07) is 10.4. The van der Waals surface area contributed by atoms with Gasteiger partial charge in [0.1, 0.15) is 17.8 Å². The van der Waals surface area contributed by atoms with Crippen LogP contribution in [0.2, 0.25) is 0 Å². The number of piperazine rings is 1. The molecule has 6 heterocycles. The first-order valence-corrected chi connectivity index (χ1v) is 13.8. The highest BCUT2D eigenvalue weighted by atomic mass is 19.1. The zero-order valence-corrected chi connectivity index (χ0v) is 23.2. The lowest BCUT2D eigenvalue weighted by atomic mass is 10.1. The molecular weight excluding hydrogens is 555 g/mol. The highest BCUT2D eigenvalue weighted by molar-refractivity contribution is 5.96. The Bertz CT molecular complexity index is 1930. The maximum atomic E-state index is 14.8. The molecule has 6 aromatic rings. The van der Waals surface area contributed by atoms with Gasteiger partial charge in [0.25, 0.3) is 6.47 Å². The summed E-state index contributed by atoms with van der Waals surface area (Å²) in [7, 11) is 0. The van der Waals surface area contributed by atoms with Crippen molar-refractivity contribution in [2.75, 3.05) is 43.4 Å². The number of anilines is 2. The Kier molecular flexibility index (Phi) is 6.66. The molecule has 0 radical (unpaired) electrons.